The van der Waals surface area contributed by atoms with Crippen LogP contribution in [0.2, 0.25) is 0 Å². The van der Waals surface area contributed by atoms with Gasteiger partial charge in [-0.25, -0.2) is 13.4 Å². The van der Waals surface area contributed by atoms with Crippen molar-refractivity contribution in [2.45, 2.75) is 4.90 Å². The number of hydrogen-bond acceptors (Lipinski definition) is 6. The maximum atomic E-state index is 13.0. The number of thiazole rings is 1. The number of nitrogens with zero attached hydrogens (tertiary/aromatic N) is 2. The molecule has 2 aromatic heterocycles. The van der Waals surface area contributed by atoms with E-state index >= 15 is 0 Å². The Balaban J connectivity index is 1.51. The molecular formula is C19H15N3O4S2. The number of benzene rings is 2. The van der Waals surface area contributed by atoms with Crippen molar-refractivity contribution in [1.82, 2.24) is 9.38 Å². The molecule has 0 saturated carbocycles. The largest absolute Gasteiger partial charge is 0.486 e. The Morgan fingerprint density at radius 1 is 1.07 bits per heavy atom. The summed E-state index contributed by atoms with van der Waals surface area (Å²) in [6, 6.07) is 11.8. The molecule has 1 aliphatic heterocycles. The molecule has 1 aliphatic rings. The number of imidazole rings is 1. The summed E-state index contributed by atoms with van der Waals surface area (Å²) < 4.78 is 41.5. The Hall–Kier alpha value is -3.04. The van der Waals surface area contributed by atoms with Gasteiger partial charge in [-0.2, -0.15) is 0 Å². The van der Waals surface area contributed by atoms with Crippen molar-refractivity contribution in [1.29, 1.82) is 0 Å². The number of para-hydroxylation sites is 1. The molecule has 142 valence electrons. The van der Waals surface area contributed by atoms with Gasteiger partial charge in [-0.1, -0.05) is 18.2 Å². The summed E-state index contributed by atoms with van der Waals surface area (Å²) in [4.78, 5) is 5.53. The Bertz CT molecular complexity index is 1250. The van der Waals surface area contributed by atoms with Crippen molar-refractivity contribution in [2.24, 2.45) is 0 Å². The highest BCUT2D eigenvalue weighted by Gasteiger charge is 2.21. The molecule has 4 aromatic rings. The SMILES string of the molecule is O=S(=O)(Nc1ccccc1-c1cn2ccsc2n1)c1ccc2c(c1)OCCO2. The predicted molar refractivity (Wildman–Crippen MR) is 107 cm³/mol. The van der Waals surface area contributed by atoms with Gasteiger partial charge in [0.2, 0.25) is 0 Å². The zero-order chi connectivity index (χ0) is 19.1. The van der Waals surface area contributed by atoms with Gasteiger partial charge < -0.3 is 9.47 Å². The number of rotatable bonds is 4. The lowest BCUT2D eigenvalue weighted by molar-refractivity contribution is 0.171. The predicted octanol–water partition coefficient (Wildman–Crippen LogP) is 3.63. The Labute approximate surface area is 165 Å². The molecule has 3 heterocycles. The zero-order valence-corrected chi connectivity index (χ0v) is 16.2. The van der Waals surface area contributed by atoms with Crippen LogP contribution in [0.3, 0.4) is 0 Å². The van der Waals surface area contributed by atoms with Gasteiger partial charge >= 0.3 is 0 Å². The van der Waals surface area contributed by atoms with Gasteiger partial charge in [-0.05, 0) is 18.2 Å². The number of nitrogens with one attached hydrogen (secondary N) is 1. The average Bonchev–Trinajstić information content (AvgIpc) is 3.30. The molecule has 0 unspecified atom stereocenters. The van der Waals surface area contributed by atoms with Gasteiger partial charge in [0, 0.05) is 29.4 Å². The highest BCUT2D eigenvalue weighted by molar-refractivity contribution is 7.92. The maximum Gasteiger partial charge on any atom is 0.262 e. The molecule has 2 aromatic carbocycles. The second-order valence-corrected chi connectivity index (χ2v) is 8.73. The van der Waals surface area contributed by atoms with E-state index in [1.807, 2.05) is 34.3 Å². The highest BCUT2D eigenvalue weighted by atomic mass is 32.2. The molecule has 0 atom stereocenters. The van der Waals surface area contributed by atoms with Crippen LogP contribution in [0.5, 0.6) is 11.5 Å². The second kappa shape index (κ2) is 6.54. The minimum absolute atomic E-state index is 0.109. The van der Waals surface area contributed by atoms with Crippen LogP contribution in [0, 0.1) is 0 Å². The third-order valence-electron chi connectivity index (χ3n) is 4.36. The van der Waals surface area contributed by atoms with E-state index in [1.165, 1.54) is 23.5 Å². The minimum atomic E-state index is -3.81. The van der Waals surface area contributed by atoms with Crippen LogP contribution in [-0.4, -0.2) is 31.0 Å². The number of anilines is 1. The fraction of sp³-hybridized carbons (Fsp3) is 0.105. The van der Waals surface area contributed by atoms with Gasteiger partial charge in [-0.3, -0.25) is 9.12 Å². The summed E-state index contributed by atoms with van der Waals surface area (Å²) >= 11 is 1.52. The summed E-state index contributed by atoms with van der Waals surface area (Å²) in [5.41, 5.74) is 1.87. The highest BCUT2D eigenvalue weighted by Crippen LogP contribution is 2.34. The van der Waals surface area contributed by atoms with E-state index in [0.29, 0.717) is 41.7 Å². The van der Waals surface area contributed by atoms with Crippen molar-refractivity contribution in [2.75, 3.05) is 17.9 Å². The third kappa shape index (κ3) is 2.98. The van der Waals surface area contributed by atoms with Crippen LogP contribution in [0.1, 0.15) is 0 Å². The van der Waals surface area contributed by atoms with Gasteiger partial charge in [-0.15, -0.1) is 11.3 Å². The molecule has 28 heavy (non-hydrogen) atoms. The van der Waals surface area contributed by atoms with Crippen LogP contribution < -0.4 is 14.2 Å². The molecule has 0 fully saturated rings. The lowest BCUT2D eigenvalue weighted by Crippen LogP contribution is -2.17. The van der Waals surface area contributed by atoms with Crippen LogP contribution in [0.4, 0.5) is 5.69 Å². The van der Waals surface area contributed by atoms with E-state index in [0.717, 1.165) is 4.96 Å². The zero-order valence-electron chi connectivity index (χ0n) is 14.5. The molecule has 7 nitrogen and oxygen atoms in total. The van der Waals surface area contributed by atoms with Crippen LogP contribution in [-0.2, 0) is 10.0 Å². The Morgan fingerprint density at radius 2 is 1.89 bits per heavy atom. The lowest BCUT2D eigenvalue weighted by atomic mass is 10.1. The van der Waals surface area contributed by atoms with E-state index < -0.39 is 10.0 Å². The number of fused-ring (bicyclic) bond motifs is 2. The first-order valence-corrected chi connectivity index (χ1v) is 10.9. The van der Waals surface area contributed by atoms with Gasteiger partial charge in [0.05, 0.1) is 16.3 Å². The normalized spacial score (nSPS) is 13.6. The molecule has 0 amide bonds. The van der Waals surface area contributed by atoms with Gasteiger partial charge in [0.25, 0.3) is 10.0 Å². The van der Waals surface area contributed by atoms with E-state index in [4.69, 9.17) is 9.47 Å². The molecule has 0 radical (unpaired) electrons. The number of sulfonamides is 1. The first-order chi connectivity index (χ1) is 13.6. The number of aromatic nitrogens is 2. The molecule has 0 saturated heterocycles. The second-order valence-electron chi connectivity index (χ2n) is 6.18. The number of ether oxygens (including phenoxy) is 2. The van der Waals surface area contributed by atoms with Crippen molar-refractivity contribution in [3.05, 3.63) is 60.2 Å². The Morgan fingerprint density at radius 3 is 2.75 bits per heavy atom. The smallest absolute Gasteiger partial charge is 0.262 e. The van der Waals surface area contributed by atoms with Crippen molar-refractivity contribution in [3.63, 3.8) is 0 Å². The van der Waals surface area contributed by atoms with Crippen molar-refractivity contribution >= 4 is 32.0 Å². The van der Waals surface area contributed by atoms with E-state index in [1.54, 1.807) is 18.2 Å². The molecule has 5 rings (SSSR count). The monoisotopic (exact) mass is 413 g/mol. The lowest BCUT2D eigenvalue weighted by Gasteiger charge is -2.19. The van der Waals surface area contributed by atoms with Crippen LogP contribution in [0.25, 0.3) is 16.2 Å². The van der Waals surface area contributed by atoms with Crippen LogP contribution in [0.15, 0.2) is 65.1 Å². The summed E-state index contributed by atoms with van der Waals surface area (Å²) in [6.45, 7) is 0.844. The van der Waals surface area contributed by atoms with Gasteiger partial charge in [0.15, 0.2) is 16.5 Å². The maximum absolute atomic E-state index is 13.0. The average molecular weight is 413 g/mol. The first-order valence-electron chi connectivity index (χ1n) is 8.54. The first kappa shape index (κ1) is 17.1. The van der Waals surface area contributed by atoms with Gasteiger partial charge in [0.1, 0.15) is 13.2 Å². The molecule has 0 aliphatic carbocycles. The van der Waals surface area contributed by atoms with Crippen molar-refractivity contribution < 1.29 is 17.9 Å². The summed E-state index contributed by atoms with van der Waals surface area (Å²) in [6.07, 6.45) is 3.79. The van der Waals surface area contributed by atoms with E-state index in [2.05, 4.69) is 9.71 Å². The summed E-state index contributed by atoms with van der Waals surface area (Å²) in [7, 11) is -3.81. The molecular weight excluding hydrogens is 398 g/mol. The molecule has 1 N–H and O–H groups in total. The molecule has 9 heteroatoms. The van der Waals surface area contributed by atoms with E-state index in [-0.39, 0.29) is 4.90 Å². The Kier molecular flexibility index (Phi) is 3.99. The summed E-state index contributed by atoms with van der Waals surface area (Å²) in [5, 5.41) is 1.95. The minimum Gasteiger partial charge on any atom is -0.486 e. The standard InChI is InChI=1S/C19H15N3O4S2/c23-28(24,13-5-6-17-18(11-13)26-9-8-25-17)21-15-4-2-1-3-14(15)16-12-22-7-10-27-19(22)20-16/h1-7,10-12,21H,8-9H2. The van der Waals surface area contributed by atoms with Crippen molar-refractivity contribution in [3.8, 4) is 22.8 Å². The quantitative estimate of drug-likeness (QED) is 0.552. The van der Waals surface area contributed by atoms with Crippen LogP contribution >= 0.6 is 11.3 Å². The van der Waals surface area contributed by atoms with E-state index in [9.17, 15) is 8.42 Å². The molecule has 0 spiro atoms. The summed E-state index contributed by atoms with van der Waals surface area (Å²) in [5.74, 6) is 0.973. The fourth-order valence-corrected chi connectivity index (χ4v) is 4.84. The fourth-order valence-electron chi connectivity index (χ4n) is 3.05. The number of hydrogen-bond donors (Lipinski definition) is 1. The third-order valence-corrected chi connectivity index (χ3v) is 6.50. The topological polar surface area (TPSA) is 81.9 Å². The molecule has 0 bridgehead atoms.